The molecule has 1 aliphatic carbocycles. The standard InChI is InChI=1S/C7H13FOS/c1-10(9)7-4-2-6(8)3-5-7/h6-7H,2-5H2,1H3. The highest BCUT2D eigenvalue weighted by Gasteiger charge is 2.26. The van der Waals surface area contributed by atoms with Crippen LogP contribution in [-0.4, -0.2) is 22.2 Å². The summed E-state index contributed by atoms with van der Waals surface area (Å²) < 4.78 is 23.4. The van der Waals surface area contributed by atoms with E-state index in [1.54, 1.807) is 6.26 Å². The molecule has 60 valence electrons. The van der Waals surface area contributed by atoms with Gasteiger partial charge in [-0.05, 0) is 25.7 Å². The van der Waals surface area contributed by atoms with E-state index in [2.05, 4.69) is 0 Å². The Kier molecular flexibility index (Phi) is 2.98. The Labute approximate surface area is 64.2 Å². The first-order chi connectivity index (χ1) is 4.70. The lowest BCUT2D eigenvalue weighted by Crippen LogP contribution is -2.26. The lowest BCUT2D eigenvalue weighted by molar-refractivity contribution is 0.252. The van der Waals surface area contributed by atoms with Gasteiger partial charge < -0.3 is 4.55 Å². The molecule has 0 N–H and O–H groups in total. The van der Waals surface area contributed by atoms with Gasteiger partial charge in [0.1, 0.15) is 11.4 Å². The maximum atomic E-state index is 12.5. The number of alkyl halides is 1. The van der Waals surface area contributed by atoms with Gasteiger partial charge in [0.25, 0.3) is 0 Å². The minimum atomic E-state index is -0.734. The zero-order valence-electron chi connectivity index (χ0n) is 6.18. The van der Waals surface area contributed by atoms with E-state index >= 15 is 0 Å². The van der Waals surface area contributed by atoms with Crippen LogP contribution in [0, 0.1) is 0 Å². The van der Waals surface area contributed by atoms with Crippen LogP contribution in [0.2, 0.25) is 0 Å². The van der Waals surface area contributed by atoms with Crippen LogP contribution in [0.5, 0.6) is 0 Å². The summed E-state index contributed by atoms with van der Waals surface area (Å²) in [5.74, 6) is 0. The molecule has 0 bridgehead atoms. The van der Waals surface area contributed by atoms with Crippen LogP contribution in [0.3, 0.4) is 0 Å². The van der Waals surface area contributed by atoms with E-state index in [0.29, 0.717) is 12.8 Å². The van der Waals surface area contributed by atoms with E-state index in [-0.39, 0.29) is 5.25 Å². The molecule has 0 aliphatic heterocycles. The zero-order valence-corrected chi connectivity index (χ0v) is 6.99. The second-order valence-electron chi connectivity index (χ2n) is 2.87. The van der Waals surface area contributed by atoms with Gasteiger partial charge in [0.15, 0.2) is 0 Å². The predicted molar refractivity (Wildman–Crippen MR) is 41.2 cm³/mol. The van der Waals surface area contributed by atoms with Crippen molar-refractivity contribution in [1.82, 2.24) is 0 Å². The van der Waals surface area contributed by atoms with Gasteiger partial charge in [0.2, 0.25) is 0 Å². The number of hydrogen-bond acceptors (Lipinski definition) is 1. The minimum absolute atomic E-state index is 0.270. The summed E-state index contributed by atoms with van der Waals surface area (Å²) in [6.45, 7) is 0. The topological polar surface area (TPSA) is 23.1 Å². The van der Waals surface area contributed by atoms with Crippen molar-refractivity contribution in [3.05, 3.63) is 0 Å². The van der Waals surface area contributed by atoms with Crippen molar-refractivity contribution in [3.63, 3.8) is 0 Å². The van der Waals surface area contributed by atoms with Crippen molar-refractivity contribution in [3.8, 4) is 0 Å². The fourth-order valence-corrected chi connectivity index (χ4v) is 2.29. The summed E-state index contributed by atoms with van der Waals surface area (Å²) in [4.78, 5) is 0. The Bertz CT molecular complexity index is 99.8. The lowest BCUT2D eigenvalue weighted by atomic mass is 9.99. The highest BCUT2D eigenvalue weighted by molar-refractivity contribution is 7.91. The molecule has 0 aromatic carbocycles. The Morgan fingerprint density at radius 2 is 1.80 bits per heavy atom. The number of hydrogen-bond donors (Lipinski definition) is 0. The van der Waals surface area contributed by atoms with Gasteiger partial charge in [-0.1, -0.05) is 11.2 Å². The van der Waals surface area contributed by atoms with Crippen LogP contribution in [0.4, 0.5) is 4.39 Å². The molecule has 0 heterocycles. The molecule has 0 amide bonds. The Morgan fingerprint density at radius 3 is 2.20 bits per heavy atom. The molecule has 0 spiro atoms. The van der Waals surface area contributed by atoms with Gasteiger partial charge >= 0.3 is 0 Å². The molecule has 1 fully saturated rings. The molecule has 0 aromatic rings. The van der Waals surface area contributed by atoms with Crippen molar-refractivity contribution in [2.45, 2.75) is 37.1 Å². The van der Waals surface area contributed by atoms with Gasteiger partial charge in [-0.2, -0.15) is 0 Å². The fourth-order valence-electron chi connectivity index (χ4n) is 1.35. The molecule has 0 saturated heterocycles. The summed E-state index contributed by atoms with van der Waals surface area (Å²) >= 11 is -0.734. The van der Waals surface area contributed by atoms with E-state index in [1.165, 1.54) is 0 Å². The Morgan fingerprint density at radius 1 is 1.30 bits per heavy atom. The molecule has 0 aromatic heterocycles. The van der Waals surface area contributed by atoms with Gasteiger partial charge in [0, 0.05) is 0 Å². The minimum Gasteiger partial charge on any atom is -0.616 e. The fraction of sp³-hybridized carbons (Fsp3) is 1.00. The van der Waals surface area contributed by atoms with E-state index in [4.69, 9.17) is 0 Å². The van der Waals surface area contributed by atoms with E-state index in [0.717, 1.165) is 12.8 Å². The van der Waals surface area contributed by atoms with Crippen molar-refractivity contribution < 1.29 is 8.94 Å². The summed E-state index contributed by atoms with van der Waals surface area (Å²) in [5, 5.41) is 0.270. The molecule has 1 nitrogen and oxygen atoms in total. The molecule has 1 aliphatic rings. The zero-order chi connectivity index (χ0) is 7.56. The Hall–Kier alpha value is 0.240. The van der Waals surface area contributed by atoms with Gasteiger partial charge in [-0.15, -0.1) is 0 Å². The average molecular weight is 164 g/mol. The summed E-state index contributed by atoms with van der Waals surface area (Å²) in [7, 11) is 0. The molecule has 1 atom stereocenters. The Balaban J connectivity index is 2.26. The third-order valence-electron chi connectivity index (χ3n) is 2.07. The monoisotopic (exact) mass is 164 g/mol. The highest BCUT2D eigenvalue weighted by Crippen LogP contribution is 2.25. The largest absolute Gasteiger partial charge is 0.616 e. The summed E-state index contributed by atoms with van der Waals surface area (Å²) in [5.41, 5.74) is 0. The molecular weight excluding hydrogens is 151 g/mol. The summed E-state index contributed by atoms with van der Waals surface area (Å²) in [6.07, 6.45) is 3.94. The molecule has 3 heteroatoms. The van der Waals surface area contributed by atoms with E-state index in [9.17, 15) is 8.94 Å². The first-order valence-corrected chi connectivity index (χ1v) is 5.28. The molecule has 1 saturated carbocycles. The first-order valence-electron chi connectivity index (χ1n) is 3.66. The molecule has 0 radical (unpaired) electrons. The maximum Gasteiger partial charge on any atom is 0.115 e. The number of halogens is 1. The van der Waals surface area contributed by atoms with Gasteiger partial charge in [-0.25, -0.2) is 4.39 Å². The van der Waals surface area contributed by atoms with E-state index < -0.39 is 17.3 Å². The smallest absolute Gasteiger partial charge is 0.115 e. The predicted octanol–water partition coefficient (Wildman–Crippen LogP) is 1.65. The lowest BCUT2D eigenvalue weighted by Gasteiger charge is -2.24. The summed E-state index contributed by atoms with van der Waals surface area (Å²) in [6, 6.07) is 0. The van der Waals surface area contributed by atoms with Crippen molar-refractivity contribution >= 4 is 11.2 Å². The highest BCUT2D eigenvalue weighted by atomic mass is 32.2. The quantitative estimate of drug-likeness (QED) is 0.540. The van der Waals surface area contributed by atoms with Crippen LogP contribution < -0.4 is 0 Å². The molecule has 1 unspecified atom stereocenters. The van der Waals surface area contributed by atoms with Crippen LogP contribution in [0.1, 0.15) is 25.7 Å². The average Bonchev–Trinajstić information content (AvgIpc) is 1.88. The SMILES string of the molecule is C[S+]([O-])C1CCC(F)CC1. The van der Waals surface area contributed by atoms with Crippen LogP contribution in [0.15, 0.2) is 0 Å². The van der Waals surface area contributed by atoms with Gasteiger partial charge in [0.05, 0.1) is 6.26 Å². The number of rotatable bonds is 1. The molecular formula is C7H13FOS. The second-order valence-corrected chi connectivity index (χ2v) is 4.54. The van der Waals surface area contributed by atoms with Gasteiger partial charge in [-0.3, -0.25) is 0 Å². The third kappa shape index (κ3) is 2.13. The second kappa shape index (κ2) is 3.58. The molecule has 10 heavy (non-hydrogen) atoms. The third-order valence-corrected chi connectivity index (χ3v) is 3.48. The first kappa shape index (κ1) is 8.34. The van der Waals surface area contributed by atoms with Crippen LogP contribution in [-0.2, 0) is 11.2 Å². The van der Waals surface area contributed by atoms with Crippen molar-refractivity contribution in [1.29, 1.82) is 0 Å². The van der Waals surface area contributed by atoms with Crippen LogP contribution in [0.25, 0.3) is 0 Å². The van der Waals surface area contributed by atoms with Crippen LogP contribution >= 0.6 is 0 Å². The van der Waals surface area contributed by atoms with Crippen molar-refractivity contribution in [2.75, 3.05) is 6.26 Å². The van der Waals surface area contributed by atoms with E-state index in [1.807, 2.05) is 0 Å². The molecule has 1 rings (SSSR count). The van der Waals surface area contributed by atoms with Crippen molar-refractivity contribution in [2.24, 2.45) is 0 Å². The maximum absolute atomic E-state index is 12.5. The normalized spacial score (nSPS) is 37.5.